The molecular weight excluding hydrogens is 320 g/mol. The van der Waals surface area contributed by atoms with Crippen molar-refractivity contribution >= 4 is 23.2 Å². The summed E-state index contributed by atoms with van der Waals surface area (Å²) in [6.45, 7) is 3.28. The van der Waals surface area contributed by atoms with Gasteiger partial charge in [-0.1, -0.05) is 30.3 Å². The summed E-state index contributed by atoms with van der Waals surface area (Å²) in [4.78, 5) is 26.5. The van der Waals surface area contributed by atoms with Crippen LogP contribution in [0.15, 0.2) is 41.1 Å². The first-order chi connectivity index (χ1) is 11.6. The first-order valence-corrected chi connectivity index (χ1v) is 9.23. The number of benzene rings is 1. The molecule has 2 heterocycles. The largest absolute Gasteiger partial charge is 0.347 e. The quantitative estimate of drug-likeness (QED) is 0.908. The van der Waals surface area contributed by atoms with Crippen molar-refractivity contribution in [3.63, 3.8) is 0 Å². The summed E-state index contributed by atoms with van der Waals surface area (Å²) < 4.78 is 0. The highest BCUT2D eigenvalue weighted by atomic mass is 32.1. The van der Waals surface area contributed by atoms with E-state index in [1.54, 1.807) is 0 Å². The zero-order valence-electron chi connectivity index (χ0n) is 13.8. The van der Waals surface area contributed by atoms with Gasteiger partial charge in [0.1, 0.15) is 0 Å². The Labute approximate surface area is 146 Å². The van der Waals surface area contributed by atoms with Gasteiger partial charge in [-0.25, -0.2) is 0 Å². The molecule has 1 aliphatic heterocycles. The van der Waals surface area contributed by atoms with Crippen LogP contribution >= 0.6 is 11.3 Å². The van der Waals surface area contributed by atoms with Crippen LogP contribution in [0.1, 0.15) is 34.3 Å². The maximum atomic E-state index is 12.3. The Bertz CT molecular complexity index is 711. The van der Waals surface area contributed by atoms with Crippen LogP contribution < -0.4 is 5.32 Å². The fourth-order valence-electron chi connectivity index (χ4n) is 3.01. The zero-order chi connectivity index (χ0) is 16.9. The molecule has 1 unspecified atom stereocenters. The number of nitrogens with zero attached hydrogens (tertiary/aromatic N) is 1. The molecule has 0 radical (unpaired) electrons. The Balaban J connectivity index is 1.47. The Hall–Kier alpha value is -2.14. The topological polar surface area (TPSA) is 49.4 Å². The fraction of sp³-hybridized carbons (Fsp3) is 0.368. The van der Waals surface area contributed by atoms with E-state index in [-0.39, 0.29) is 17.9 Å². The summed E-state index contributed by atoms with van der Waals surface area (Å²) in [5, 5.41) is 6.91. The second-order valence-electron chi connectivity index (χ2n) is 6.25. The number of hydrogen-bond donors (Lipinski definition) is 1. The molecule has 1 atom stereocenters. The van der Waals surface area contributed by atoms with Gasteiger partial charge in [0.2, 0.25) is 5.91 Å². The monoisotopic (exact) mass is 342 g/mol. The molecule has 0 bridgehead atoms. The number of thiophene rings is 1. The lowest BCUT2D eigenvalue weighted by molar-refractivity contribution is -0.130. The lowest BCUT2D eigenvalue weighted by Crippen LogP contribution is -2.38. The van der Waals surface area contributed by atoms with Gasteiger partial charge in [-0.05, 0) is 36.3 Å². The molecule has 2 aromatic rings. The number of carbonyl (C=O) groups is 2. The van der Waals surface area contributed by atoms with Crippen molar-refractivity contribution in [3.8, 4) is 0 Å². The summed E-state index contributed by atoms with van der Waals surface area (Å²) in [5.74, 6) is 0.139. The van der Waals surface area contributed by atoms with E-state index < -0.39 is 0 Å². The highest BCUT2D eigenvalue weighted by Crippen LogP contribution is 2.16. The van der Waals surface area contributed by atoms with E-state index >= 15 is 0 Å². The van der Waals surface area contributed by atoms with Crippen molar-refractivity contribution in [2.45, 2.75) is 32.2 Å². The average Bonchev–Trinajstić information content (AvgIpc) is 3.22. The van der Waals surface area contributed by atoms with Gasteiger partial charge in [0, 0.05) is 30.9 Å². The number of hydrogen-bond acceptors (Lipinski definition) is 3. The van der Waals surface area contributed by atoms with Gasteiger partial charge >= 0.3 is 0 Å². The summed E-state index contributed by atoms with van der Waals surface area (Å²) in [6, 6.07) is 10.1. The van der Waals surface area contributed by atoms with Crippen LogP contribution in [-0.2, 0) is 11.2 Å². The van der Waals surface area contributed by atoms with E-state index in [1.807, 2.05) is 52.9 Å². The van der Waals surface area contributed by atoms with E-state index in [0.717, 1.165) is 30.5 Å². The molecule has 1 aromatic carbocycles. The first-order valence-electron chi connectivity index (χ1n) is 8.29. The summed E-state index contributed by atoms with van der Waals surface area (Å²) in [7, 11) is 0. The van der Waals surface area contributed by atoms with Crippen LogP contribution in [0.25, 0.3) is 0 Å². The maximum Gasteiger partial charge on any atom is 0.252 e. The van der Waals surface area contributed by atoms with Crippen LogP contribution in [0, 0.1) is 6.92 Å². The molecule has 0 saturated carbocycles. The standard InChI is InChI=1S/C19H22N2O2S/c1-14-12-24-13-17(14)19(23)20-16-9-10-21(11-16)18(22)8-7-15-5-3-2-4-6-15/h2-6,12-13,16H,7-11H2,1H3,(H,20,23). The van der Waals surface area contributed by atoms with Gasteiger partial charge in [0.05, 0.1) is 5.56 Å². The number of likely N-dealkylation sites (tertiary alicyclic amines) is 1. The van der Waals surface area contributed by atoms with Gasteiger partial charge in [0.25, 0.3) is 5.91 Å². The number of carbonyl (C=O) groups excluding carboxylic acids is 2. The minimum atomic E-state index is -0.0302. The normalized spacial score (nSPS) is 17.0. The van der Waals surface area contributed by atoms with Gasteiger partial charge in [0.15, 0.2) is 0 Å². The summed E-state index contributed by atoms with van der Waals surface area (Å²) in [6.07, 6.45) is 2.11. The number of rotatable bonds is 5. The Morgan fingerprint density at radius 2 is 2.04 bits per heavy atom. The van der Waals surface area contributed by atoms with E-state index in [9.17, 15) is 9.59 Å². The maximum absolute atomic E-state index is 12.3. The first kappa shape index (κ1) is 16.7. The molecule has 0 aliphatic carbocycles. The van der Waals surface area contributed by atoms with Crippen molar-refractivity contribution in [1.82, 2.24) is 10.2 Å². The predicted octanol–water partition coefficient (Wildman–Crippen LogP) is 3.02. The van der Waals surface area contributed by atoms with E-state index in [1.165, 1.54) is 16.9 Å². The van der Waals surface area contributed by atoms with Crippen molar-refractivity contribution in [2.24, 2.45) is 0 Å². The highest BCUT2D eigenvalue weighted by Gasteiger charge is 2.27. The minimum absolute atomic E-state index is 0.0302. The SMILES string of the molecule is Cc1cscc1C(=O)NC1CCN(C(=O)CCc2ccccc2)C1. The molecule has 4 nitrogen and oxygen atoms in total. The average molecular weight is 342 g/mol. The Kier molecular flexibility index (Phi) is 5.30. The molecule has 1 N–H and O–H groups in total. The van der Waals surface area contributed by atoms with Gasteiger partial charge in [-0.2, -0.15) is 11.3 Å². The molecule has 1 saturated heterocycles. The number of nitrogens with one attached hydrogen (secondary N) is 1. The van der Waals surface area contributed by atoms with Crippen molar-refractivity contribution in [2.75, 3.05) is 13.1 Å². The van der Waals surface area contributed by atoms with Crippen LogP contribution in [0.4, 0.5) is 0 Å². The number of aryl methyl sites for hydroxylation is 2. The van der Waals surface area contributed by atoms with Gasteiger partial charge in [-0.15, -0.1) is 0 Å². The smallest absolute Gasteiger partial charge is 0.252 e. The Morgan fingerprint density at radius 3 is 2.75 bits per heavy atom. The molecule has 1 aliphatic rings. The molecule has 3 rings (SSSR count). The van der Waals surface area contributed by atoms with Crippen molar-refractivity contribution < 1.29 is 9.59 Å². The lowest BCUT2D eigenvalue weighted by Gasteiger charge is -2.17. The van der Waals surface area contributed by atoms with Gasteiger partial charge in [-0.3, -0.25) is 9.59 Å². The molecule has 24 heavy (non-hydrogen) atoms. The van der Waals surface area contributed by atoms with Crippen molar-refractivity contribution in [1.29, 1.82) is 0 Å². The third-order valence-corrected chi connectivity index (χ3v) is 5.31. The minimum Gasteiger partial charge on any atom is -0.347 e. The lowest BCUT2D eigenvalue weighted by atomic mass is 10.1. The van der Waals surface area contributed by atoms with Crippen LogP contribution in [0.2, 0.25) is 0 Å². The molecule has 1 aromatic heterocycles. The van der Waals surface area contributed by atoms with E-state index in [0.29, 0.717) is 13.0 Å². The number of amides is 2. The van der Waals surface area contributed by atoms with Gasteiger partial charge < -0.3 is 10.2 Å². The van der Waals surface area contributed by atoms with E-state index in [2.05, 4.69) is 5.32 Å². The molecule has 1 fully saturated rings. The molecule has 126 valence electrons. The van der Waals surface area contributed by atoms with Crippen molar-refractivity contribution in [3.05, 3.63) is 57.8 Å². The highest BCUT2D eigenvalue weighted by molar-refractivity contribution is 7.08. The zero-order valence-corrected chi connectivity index (χ0v) is 14.6. The van der Waals surface area contributed by atoms with E-state index in [4.69, 9.17) is 0 Å². The van der Waals surface area contributed by atoms with Crippen LogP contribution in [0.3, 0.4) is 0 Å². The molecular formula is C19H22N2O2S. The third kappa shape index (κ3) is 4.03. The third-order valence-electron chi connectivity index (χ3n) is 4.45. The molecule has 5 heteroatoms. The predicted molar refractivity (Wildman–Crippen MR) is 96.3 cm³/mol. The molecule has 0 spiro atoms. The van der Waals surface area contributed by atoms with Crippen LogP contribution in [-0.4, -0.2) is 35.8 Å². The fourth-order valence-corrected chi connectivity index (χ4v) is 3.84. The second-order valence-corrected chi connectivity index (χ2v) is 7.00. The van der Waals surface area contributed by atoms with Crippen LogP contribution in [0.5, 0.6) is 0 Å². The second kappa shape index (κ2) is 7.62. The summed E-state index contributed by atoms with van der Waals surface area (Å²) >= 11 is 1.54. The Morgan fingerprint density at radius 1 is 1.25 bits per heavy atom. The summed E-state index contributed by atoms with van der Waals surface area (Å²) in [5.41, 5.74) is 2.93. The molecule has 2 amide bonds.